The quantitative estimate of drug-likeness (QED) is 0.364. The highest BCUT2D eigenvalue weighted by Gasteiger charge is 2.29. The third kappa shape index (κ3) is 8.21. The van der Waals surface area contributed by atoms with Crippen LogP contribution in [0.2, 0.25) is 0 Å². The van der Waals surface area contributed by atoms with Crippen LogP contribution in [0.5, 0.6) is 0 Å². The Bertz CT molecular complexity index is 289. The third-order valence-electron chi connectivity index (χ3n) is 3.83. The van der Waals surface area contributed by atoms with Gasteiger partial charge in [-0.05, 0) is 39.8 Å². The van der Waals surface area contributed by atoms with Crippen molar-refractivity contribution in [3.8, 4) is 0 Å². The van der Waals surface area contributed by atoms with E-state index in [1.807, 2.05) is 0 Å². The molecule has 0 amide bonds. The maximum Gasteiger partial charge on any atom is 0.191 e. The maximum absolute atomic E-state index is 5.78. The van der Waals surface area contributed by atoms with Gasteiger partial charge >= 0.3 is 0 Å². The van der Waals surface area contributed by atoms with E-state index in [1.54, 1.807) is 0 Å². The van der Waals surface area contributed by atoms with E-state index in [9.17, 15) is 0 Å². The number of halogens is 1. The van der Waals surface area contributed by atoms with Gasteiger partial charge in [-0.3, -0.25) is 4.99 Å². The molecule has 21 heavy (non-hydrogen) atoms. The molecule has 0 spiro atoms. The lowest BCUT2D eigenvalue weighted by molar-refractivity contribution is 0.0283. The summed E-state index contributed by atoms with van der Waals surface area (Å²) in [7, 11) is 0. The summed E-state index contributed by atoms with van der Waals surface area (Å²) in [5.74, 6) is 0.899. The van der Waals surface area contributed by atoms with Gasteiger partial charge < -0.3 is 20.3 Å². The molecular weight excluding hydrogens is 379 g/mol. The first-order valence-electron chi connectivity index (χ1n) is 8.02. The Morgan fingerprint density at radius 1 is 1.24 bits per heavy atom. The van der Waals surface area contributed by atoms with Gasteiger partial charge in [-0.15, -0.1) is 24.0 Å². The Kier molecular flexibility index (Phi) is 11.4. The van der Waals surface area contributed by atoms with Gasteiger partial charge in [0.2, 0.25) is 0 Å². The van der Waals surface area contributed by atoms with Crippen LogP contribution in [0.1, 0.15) is 40.5 Å². The standard InChI is InChI=1S/C15H32N4O.HI/c1-5-16-14(17-10-11-19(6-2)7-3)18-13-15(4)9-8-12-20-15;/h5-13H2,1-4H3,(H2,16,17,18);1H. The lowest BCUT2D eigenvalue weighted by Crippen LogP contribution is -2.42. The van der Waals surface area contributed by atoms with Crippen LogP contribution >= 0.6 is 24.0 Å². The molecule has 0 bridgehead atoms. The number of nitrogens with zero attached hydrogens (tertiary/aromatic N) is 2. The van der Waals surface area contributed by atoms with E-state index in [2.05, 4.69) is 48.2 Å². The summed E-state index contributed by atoms with van der Waals surface area (Å²) in [4.78, 5) is 7.07. The minimum Gasteiger partial charge on any atom is -0.373 e. The van der Waals surface area contributed by atoms with Gasteiger partial charge in [0.1, 0.15) is 0 Å². The molecule has 0 aromatic carbocycles. The molecule has 1 aliphatic heterocycles. The molecule has 1 aliphatic rings. The molecule has 5 nitrogen and oxygen atoms in total. The van der Waals surface area contributed by atoms with Crippen molar-refractivity contribution in [3.05, 3.63) is 0 Å². The van der Waals surface area contributed by atoms with E-state index in [0.29, 0.717) is 0 Å². The van der Waals surface area contributed by atoms with E-state index >= 15 is 0 Å². The van der Waals surface area contributed by atoms with Crippen LogP contribution in [-0.4, -0.2) is 62.3 Å². The lowest BCUT2D eigenvalue weighted by atomic mass is 10.0. The average Bonchev–Trinajstić information content (AvgIpc) is 2.88. The molecule has 1 atom stereocenters. The second-order valence-electron chi connectivity index (χ2n) is 5.55. The van der Waals surface area contributed by atoms with Gasteiger partial charge in [-0.25, -0.2) is 0 Å². The van der Waals surface area contributed by atoms with Crippen LogP contribution in [0, 0.1) is 0 Å². The normalized spacial score (nSPS) is 22.2. The third-order valence-corrected chi connectivity index (χ3v) is 3.83. The molecule has 0 radical (unpaired) electrons. The van der Waals surface area contributed by atoms with Crippen molar-refractivity contribution in [1.29, 1.82) is 0 Å². The lowest BCUT2D eigenvalue weighted by Gasteiger charge is -2.22. The molecule has 0 aromatic rings. The Hall–Kier alpha value is -0.0800. The molecule has 0 saturated carbocycles. The fourth-order valence-electron chi connectivity index (χ4n) is 2.42. The van der Waals surface area contributed by atoms with Crippen LogP contribution in [0.25, 0.3) is 0 Å². The fourth-order valence-corrected chi connectivity index (χ4v) is 2.42. The molecular formula is C15H33IN4O. The number of nitrogens with one attached hydrogen (secondary N) is 2. The summed E-state index contributed by atoms with van der Waals surface area (Å²) in [6, 6.07) is 0. The summed E-state index contributed by atoms with van der Waals surface area (Å²) in [6.45, 7) is 15.3. The topological polar surface area (TPSA) is 48.9 Å². The summed E-state index contributed by atoms with van der Waals surface area (Å²) < 4.78 is 5.78. The van der Waals surface area contributed by atoms with Crippen LogP contribution in [0.15, 0.2) is 4.99 Å². The second kappa shape index (κ2) is 11.5. The van der Waals surface area contributed by atoms with Crippen molar-refractivity contribution in [2.45, 2.75) is 46.1 Å². The minimum atomic E-state index is -0.0682. The number of aliphatic imine (C=N–C) groups is 1. The van der Waals surface area contributed by atoms with Crippen LogP contribution < -0.4 is 10.6 Å². The molecule has 1 rings (SSSR count). The van der Waals surface area contributed by atoms with Gasteiger partial charge in [0.15, 0.2) is 5.96 Å². The van der Waals surface area contributed by atoms with E-state index in [-0.39, 0.29) is 29.6 Å². The molecule has 1 fully saturated rings. The van der Waals surface area contributed by atoms with Crippen LogP contribution in [0.3, 0.4) is 0 Å². The number of hydrogen-bond donors (Lipinski definition) is 2. The Morgan fingerprint density at radius 3 is 2.48 bits per heavy atom. The van der Waals surface area contributed by atoms with E-state index in [1.165, 1.54) is 0 Å². The number of likely N-dealkylation sites (N-methyl/N-ethyl adjacent to an activating group) is 1. The predicted molar refractivity (Wildman–Crippen MR) is 101 cm³/mol. The largest absolute Gasteiger partial charge is 0.373 e. The zero-order valence-corrected chi connectivity index (χ0v) is 16.4. The van der Waals surface area contributed by atoms with Crippen molar-refractivity contribution >= 4 is 29.9 Å². The van der Waals surface area contributed by atoms with Crippen molar-refractivity contribution in [2.75, 3.05) is 45.9 Å². The molecule has 0 aliphatic carbocycles. The first-order valence-corrected chi connectivity index (χ1v) is 8.02. The molecule has 0 aromatic heterocycles. The number of guanidine groups is 1. The minimum absolute atomic E-state index is 0. The molecule has 1 unspecified atom stereocenters. The predicted octanol–water partition coefficient (Wildman–Crippen LogP) is 2.07. The van der Waals surface area contributed by atoms with Crippen LogP contribution in [-0.2, 0) is 4.74 Å². The number of hydrogen-bond acceptors (Lipinski definition) is 3. The Morgan fingerprint density at radius 2 is 1.95 bits per heavy atom. The molecule has 2 N–H and O–H groups in total. The molecule has 126 valence electrons. The zero-order chi connectivity index (χ0) is 14.8. The number of rotatable bonds is 8. The van der Waals surface area contributed by atoms with Crippen molar-refractivity contribution in [1.82, 2.24) is 15.5 Å². The molecule has 1 heterocycles. The summed E-state index contributed by atoms with van der Waals surface area (Å²) >= 11 is 0. The highest BCUT2D eigenvalue weighted by atomic mass is 127. The van der Waals surface area contributed by atoms with E-state index in [4.69, 9.17) is 4.74 Å². The highest BCUT2D eigenvalue weighted by molar-refractivity contribution is 14.0. The van der Waals surface area contributed by atoms with Crippen LogP contribution in [0.4, 0.5) is 0 Å². The van der Waals surface area contributed by atoms with Crippen molar-refractivity contribution in [3.63, 3.8) is 0 Å². The zero-order valence-electron chi connectivity index (χ0n) is 14.1. The monoisotopic (exact) mass is 412 g/mol. The SMILES string of the molecule is CCNC(=NCC1(C)CCCO1)NCCN(CC)CC.I. The Balaban J connectivity index is 0.00000400. The fraction of sp³-hybridized carbons (Fsp3) is 0.933. The summed E-state index contributed by atoms with van der Waals surface area (Å²) in [5.41, 5.74) is -0.0682. The Labute approximate surface area is 147 Å². The van der Waals surface area contributed by atoms with Gasteiger partial charge in [-0.2, -0.15) is 0 Å². The summed E-state index contributed by atoms with van der Waals surface area (Å²) in [5, 5.41) is 6.70. The average molecular weight is 412 g/mol. The first kappa shape index (κ1) is 20.9. The van der Waals surface area contributed by atoms with Gasteiger partial charge in [0, 0.05) is 26.2 Å². The van der Waals surface area contributed by atoms with Gasteiger partial charge in [0.05, 0.1) is 12.1 Å². The van der Waals surface area contributed by atoms with Crippen molar-refractivity contribution in [2.24, 2.45) is 4.99 Å². The highest BCUT2D eigenvalue weighted by Crippen LogP contribution is 2.24. The first-order chi connectivity index (χ1) is 9.63. The van der Waals surface area contributed by atoms with Gasteiger partial charge in [0.25, 0.3) is 0 Å². The smallest absolute Gasteiger partial charge is 0.191 e. The number of ether oxygens (including phenoxy) is 1. The van der Waals surface area contributed by atoms with E-state index in [0.717, 1.165) is 64.7 Å². The van der Waals surface area contributed by atoms with E-state index < -0.39 is 0 Å². The summed E-state index contributed by atoms with van der Waals surface area (Å²) in [6.07, 6.45) is 2.26. The molecule has 1 saturated heterocycles. The van der Waals surface area contributed by atoms with Gasteiger partial charge in [-0.1, -0.05) is 13.8 Å². The maximum atomic E-state index is 5.78. The second-order valence-corrected chi connectivity index (χ2v) is 5.55. The van der Waals surface area contributed by atoms with Crippen molar-refractivity contribution < 1.29 is 4.74 Å². The molecule has 6 heteroatoms.